The molecule has 1 unspecified atom stereocenters. The maximum Gasteiger partial charge on any atom is 0.227 e. The number of carbonyl (C=O) groups is 2. The molecule has 3 rings (SSSR count). The maximum atomic E-state index is 12.6. The molecule has 0 aliphatic carbocycles. The van der Waals surface area contributed by atoms with Gasteiger partial charge in [0.15, 0.2) is 9.84 Å². The second-order valence-electron chi connectivity index (χ2n) is 6.73. The van der Waals surface area contributed by atoms with Crippen LogP contribution in [-0.4, -0.2) is 55.8 Å². The molecule has 1 aromatic rings. The monoisotopic (exact) mass is 364 g/mol. The minimum atomic E-state index is -3.01. The largest absolute Gasteiger partial charge is 0.339 e. The van der Waals surface area contributed by atoms with Gasteiger partial charge in [-0.15, -0.1) is 0 Å². The van der Waals surface area contributed by atoms with Crippen LogP contribution in [0.5, 0.6) is 0 Å². The van der Waals surface area contributed by atoms with Gasteiger partial charge < -0.3 is 9.80 Å². The molecule has 6 nitrogen and oxygen atoms in total. The molecule has 136 valence electrons. The fourth-order valence-electron chi connectivity index (χ4n) is 3.65. The summed E-state index contributed by atoms with van der Waals surface area (Å²) in [5.41, 5.74) is 1.74. The molecule has 0 saturated carbocycles. The van der Waals surface area contributed by atoms with Crippen molar-refractivity contribution < 1.29 is 18.0 Å². The molecule has 2 heterocycles. The molecule has 2 amide bonds. The fourth-order valence-corrected chi connectivity index (χ4v) is 5.38. The number of sulfone groups is 1. The highest BCUT2D eigenvalue weighted by atomic mass is 32.2. The van der Waals surface area contributed by atoms with Crippen LogP contribution in [0.25, 0.3) is 0 Å². The van der Waals surface area contributed by atoms with Crippen molar-refractivity contribution in [2.24, 2.45) is 0 Å². The number of benzene rings is 1. The standard InChI is InChI=1S/C18H24N2O4S/c1-2-19(16-9-11-25(23,24)13-16)18(22)12-14-5-7-15(8-6-14)20-10-3-4-17(20)21/h5-8,16H,2-4,9-13H2,1H3. The van der Waals surface area contributed by atoms with Gasteiger partial charge in [0.05, 0.1) is 17.9 Å². The zero-order valence-corrected chi connectivity index (χ0v) is 15.3. The average Bonchev–Trinajstić information content (AvgIpc) is 3.14. The van der Waals surface area contributed by atoms with Crippen LogP contribution in [0.4, 0.5) is 5.69 Å². The van der Waals surface area contributed by atoms with Crippen LogP contribution < -0.4 is 4.90 Å². The van der Waals surface area contributed by atoms with Crippen LogP contribution in [0.3, 0.4) is 0 Å². The lowest BCUT2D eigenvalue weighted by Gasteiger charge is -2.27. The lowest BCUT2D eigenvalue weighted by molar-refractivity contribution is -0.132. The Kier molecular flexibility index (Phi) is 5.13. The molecule has 2 saturated heterocycles. The van der Waals surface area contributed by atoms with E-state index in [9.17, 15) is 18.0 Å². The molecule has 1 aromatic carbocycles. The van der Waals surface area contributed by atoms with Gasteiger partial charge in [-0.25, -0.2) is 8.42 Å². The van der Waals surface area contributed by atoms with E-state index in [2.05, 4.69) is 0 Å². The average molecular weight is 364 g/mol. The summed E-state index contributed by atoms with van der Waals surface area (Å²) in [7, 11) is -3.01. The third-order valence-corrected chi connectivity index (χ3v) is 6.74. The Labute approximate surface area is 148 Å². The molecule has 0 aromatic heterocycles. The van der Waals surface area contributed by atoms with Crippen LogP contribution in [0, 0.1) is 0 Å². The number of likely N-dealkylation sites (N-methyl/N-ethyl adjacent to an activating group) is 1. The van der Waals surface area contributed by atoms with Gasteiger partial charge in [0.2, 0.25) is 11.8 Å². The van der Waals surface area contributed by atoms with Crippen molar-refractivity contribution >= 4 is 27.3 Å². The summed E-state index contributed by atoms with van der Waals surface area (Å²) >= 11 is 0. The van der Waals surface area contributed by atoms with Crippen molar-refractivity contribution in [1.29, 1.82) is 0 Å². The van der Waals surface area contributed by atoms with Gasteiger partial charge in [0.1, 0.15) is 0 Å². The molecule has 0 N–H and O–H groups in total. The summed E-state index contributed by atoms with van der Waals surface area (Å²) in [4.78, 5) is 27.8. The Morgan fingerprint density at radius 3 is 2.52 bits per heavy atom. The predicted octanol–water partition coefficient (Wildman–Crippen LogP) is 1.39. The van der Waals surface area contributed by atoms with Gasteiger partial charge in [-0.3, -0.25) is 9.59 Å². The number of carbonyl (C=O) groups excluding carboxylic acids is 2. The van der Waals surface area contributed by atoms with Crippen LogP contribution >= 0.6 is 0 Å². The van der Waals surface area contributed by atoms with Gasteiger partial charge >= 0.3 is 0 Å². The first-order valence-electron chi connectivity index (χ1n) is 8.79. The third-order valence-electron chi connectivity index (χ3n) is 4.99. The van der Waals surface area contributed by atoms with Crippen LogP contribution in [0.1, 0.15) is 31.7 Å². The first-order chi connectivity index (χ1) is 11.9. The molecular weight excluding hydrogens is 340 g/mol. The van der Waals surface area contributed by atoms with Crippen LogP contribution in [0.15, 0.2) is 24.3 Å². The quantitative estimate of drug-likeness (QED) is 0.791. The maximum absolute atomic E-state index is 12.6. The molecule has 7 heteroatoms. The minimum Gasteiger partial charge on any atom is -0.339 e. The molecule has 0 spiro atoms. The highest BCUT2D eigenvalue weighted by molar-refractivity contribution is 7.91. The van der Waals surface area contributed by atoms with E-state index in [4.69, 9.17) is 0 Å². The van der Waals surface area contributed by atoms with E-state index in [1.54, 1.807) is 9.80 Å². The summed E-state index contributed by atoms with van der Waals surface area (Å²) in [6.45, 7) is 3.14. The lowest BCUT2D eigenvalue weighted by Crippen LogP contribution is -2.41. The zero-order valence-electron chi connectivity index (χ0n) is 14.5. The summed E-state index contributed by atoms with van der Waals surface area (Å²) in [6.07, 6.45) is 2.25. The summed E-state index contributed by atoms with van der Waals surface area (Å²) < 4.78 is 23.3. The summed E-state index contributed by atoms with van der Waals surface area (Å²) in [5, 5.41) is 0. The Morgan fingerprint density at radius 1 is 1.28 bits per heavy atom. The second kappa shape index (κ2) is 7.15. The van der Waals surface area contributed by atoms with Gasteiger partial charge in [-0.1, -0.05) is 12.1 Å². The minimum absolute atomic E-state index is 0.0467. The molecule has 0 bridgehead atoms. The number of anilines is 1. The first kappa shape index (κ1) is 17.9. The normalized spacial score (nSPS) is 22.4. The highest BCUT2D eigenvalue weighted by Crippen LogP contribution is 2.23. The molecule has 2 fully saturated rings. The van der Waals surface area contributed by atoms with Gasteiger partial charge in [-0.2, -0.15) is 0 Å². The third kappa shape index (κ3) is 4.03. The molecule has 25 heavy (non-hydrogen) atoms. The van der Waals surface area contributed by atoms with Crippen molar-refractivity contribution in [3.63, 3.8) is 0 Å². The predicted molar refractivity (Wildman–Crippen MR) is 96.2 cm³/mol. The Bertz CT molecular complexity index is 758. The van der Waals surface area contributed by atoms with Crippen molar-refractivity contribution in [2.45, 2.75) is 38.6 Å². The zero-order chi connectivity index (χ0) is 18.0. The smallest absolute Gasteiger partial charge is 0.227 e. The van der Waals surface area contributed by atoms with Crippen molar-refractivity contribution in [1.82, 2.24) is 4.90 Å². The van der Waals surface area contributed by atoms with Gasteiger partial charge in [-0.05, 0) is 37.5 Å². The van der Waals surface area contributed by atoms with Crippen LogP contribution in [-0.2, 0) is 25.8 Å². The SMILES string of the molecule is CCN(C(=O)Cc1ccc(N2CCCC2=O)cc1)C1CCS(=O)(=O)C1. The number of hydrogen-bond donors (Lipinski definition) is 0. The number of amides is 2. The van der Waals surface area contributed by atoms with Gasteiger partial charge in [0, 0.05) is 31.2 Å². The Morgan fingerprint density at radius 2 is 2.00 bits per heavy atom. The number of rotatable bonds is 5. The molecule has 0 radical (unpaired) electrons. The number of hydrogen-bond acceptors (Lipinski definition) is 4. The highest BCUT2D eigenvalue weighted by Gasteiger charge is 2.33. The molecule has 2 aliphatic rings. The lowest BCUT2D eigenvalue weighted by atomic mass is 10.1. The van der Waals surface area contributed by atoms with Crippen LogP contribution in [0.2, 0.25) is 0 Å². The van der Waals surface area contributed by atoms with Crippen molar-refractivity contribution in [3.8, 4) is 0 Å². The first-order valence-corrected chi connectivity index (χ1v) is 10.6. The van der Waals surface area contributed by atoms with Crippen molar-refractivity contribution in [2.75, 3.05) is 29.5 Å². The topological polar surface area (TPSA) is 74.8 Å². The van der Waals surface area contributed by atoms with Crippen molar-refractivity contribution in [3.05, 3.63) is 29.8 Å². The molecular formula is C18H24N2O4S. The molecule has 1 atom stereocenters. The van der Waals surface area contributed by atoms with E-state index in [0.29, 0.717) is 19.4 Å². The Balaban J connectivity index is 1.64. The fraction of sp³-hybridized carbons (Fsp3) is 0.556. The van der Waals surface area contributed by atoms with E-state index >= 15 is 0 Å². The van der Waals surface area contributed by atoms with Gasteiger partial charge in [0.25, 0.3) is 0 Å². The van der Waals surface area contributed by atoms with E-state index in [1.807, 2.05) is 31.2 Å². The van der Waals surface area contributed by atoms with E-state index in [-0.39, 0.29) is 35.8 Å². The van der Waals surface area contributed by atoms with E-state index in [0.717, 1.165) is 24.2 Å². The van der Waals surface area contributed by atoms with E-state index in [1.165, 1.54) is 0 Å². The summed E-state index contributed by atoms with van der Waals surface area (Å²) in [6, 6.07) is 7.30. The molecule has 2 aliphatic heterocycles. The van der Waals surface area contributed by atoms with E-state index < -0.39 is 9.84 Å². The Hall–Kier alpha value is -1.89. The summed E-state index contributed by atoms with van der Waals surface area (Å²) in [5.74, 6) is 0.334. The second-order valence-corrected chi connectivity index (χ2v) is 8.96. The number of nitrogens with zero attached hydrogens (tertiary/aromatic N) is 2.